The van der Waals surface area contributed by atoms with Crippen molar-refractivity contribution < 1.29 is 8.94 Å². The van der Waals surface area contributed by atoms with Crippen LogP contribution in [0.1, 0.15) is 0 Å². The number of nitrogen functional groups attached to an aromatic ring is 1. The van der Waals surface area contributed by atoms with Gasteiger partial charge in [0.25, 0.3) is 0 Å². The SMILES string of the molecule is Nc1cc(-c2ccc3ccoc3c2)on1. The molecule has 3 aromatic rings. The molecule has 0 radical (unpaired) electrons. The lowest BCUT2D eigenvalue weighted by atomic mass is 10.1. The molecule has 4 nitrogen and oxygen atoms in total. The first-order chi connectivity index (χ1) is 7.33. The van der Waals surface area contributed by atoms with E-state index in [-0.39, 0.29) is 0 Å². The van der Waals surface area contributed by atoms with E-state index in [2.05, 4.69) is 5.16 Å². The minimum atomic E-state index is 0.379. The molecule has 0 aliphatic carbocycles. The Bertz CT molecular complexity index is 610. The van der Waals surface area contributed by atoms with Crippen molar-refractivity contribution >= 4 is 16.8 Å². The number of aromatic nitrogens is 1. The zero-order chi connectivity index (χ0) is 10.3. The predicted molar refractivity (Wildman–Crippen MR) is 56.1 cm³/mol. The van der Waals surface area contributed by atoms with Crippen LogP contribution in [0.15, 0.2) is 45.5 Å². The van der Waals surface area contributed by atoms with Gasteiger partial charge in [0, 0.05) is 17.0 Å². The Labute approximate surface area is 85.3 Å². The number of rotatable bonds is 1. The monoisotopic (exact) mass is 200 g/mol. The zero-order valence-corrected chi connectivity index (χ0v) is 7.81. The van der Waals surface area contributed by atoms with E-state index < -0.39 is 0 Å². The fourth-order valence-corrected chi connectivity index (χ4v) is 1.53. The second-order valence-electron chi connectivity index (χ2n) is 3.29. The lowest BCUT2D eigenvalue weighted by Crippen LogP contribution is -1.79. The summed E-state index contributed by atoms with van der Waals surface area (Å²) in [5.74, 6) is 1.02. The van der Waals surface area contributed by atoms with Crippen LogP contribution in [0.25, 0.3) is 22.3 Å². The van der Waals surface area contributed by atoms with Gasteiger partial charge in [-0.2, -0.15) is 0 Å². The van der Waals surface area contributed by atoms with Gasteiger partial charge in [-0.3, -0.25) is 0 Å². The normalized spacial score (nSPS) is 10.9. The molecule has 0 saturated heterocycles. The van der Waals surface area contributed by atoms with Crippen molar-refractivity contribution in [2.75, 3.05) is 5.73 Å². The molecule has 4 heteroatoms. The van der Waals surface area contributed by atoms with Crippen LogP contribution >= 0.6 is 0 Å². The molecule has 0 bridgehead atoms. The number of nitrogens with two attached hydrogens (primary N) is 1. The summed E-state index contributed by atoms with van der Waals surface area (Å²) in [6.07, 6.45) is 1.66. The minimum Gasteiger partial charge on any atom is -0.464 e. The smallest absolute Gasteiger partial charge is 0.169 e. The van der Waals surface area contributed by atoms with E-state index in [4.69, 9.17) is 14.7 Å². The highest BCUT2D eigenvalue weighted by molar-refractivity contribution is 5.82. The summed E-state index contributed by atoms with van der Waals surface area (Å²) in [6.45, 7) is 0. The van der Waals surface area contributed by atoms with E-state index >= 15 is 0 Å². The second kappa shape index (κ2) is 2.88. The summed E-state index contributed by atoms with van der Waals surface area (Å²) in [5, 5.41) is 4.69. The van der Waals surface area contributed by atoms with Gasteiger partial charge in [0.15, 0.2) is 11.6 Å². The quantitative estimate of drug-likeness (QED) is 0.655. The molecule has 0 spiro atoms. The maximum Gasteiger partial charge on any atom is 0.169 e. The van der Waals surface area contributed by atoms with Gasteiger partial charge in [-0.1, -0.05) is 17.3 Å². The average molecular weight is 200 g/mol. The Kier molecular flexibility index (Phi) is 1.56. The number of hydrogen-bond acceptors (Lipinski definition) is 4. The van der Waals surface area contributed by atoms with E-state index in [0.29, 0.717) is 11.6 Å². The van der Waals surface area contributed by atoms with Gasteiger partial charge in [0.2, 0.25) is 0 Å². The summed E-state index contributed by atoms with van der Waals surface area (Å²) < 4.78 is 10.4. The van der Waals surface area contributed by atoms with E-state index in [1.807, 2.05) is 24.3 Å². The second-order valence-corrected chi connectivity index (χ2v) is 3.29. The van der Waals surface area contributed by atoms with Crippen molar-refractivity contribution in [3.05, 3.63) is 36.6 Å². The van der Waals surface area contributed by atoms with E-state index in [9.17, 15) is 0 Å². The largest absolute Gasteiger partial charge is 0.464 e. The molecule has 0 fully saturated rings. The Balaban J connectivity index is 2.18. The maximum atomic E-state index is 5.48. The van der Waals surface area contributed by atoms with Crippen LogP contribution in [0.3, 0.4) is 0 Å². The third-order valence-electron chi connectivity index (χ3n) is 2.27. The number of benzene rings is 1. The molecule has 0 aliphatic heterocycles. The van der Waals surface area contributed by atoms with E-state index in [0.717, 1.165) is 16.5 Å². The van der Waals surface area contributed by atoms with Crippen LogP contribution in [0.2, 0.25) is 0 Å². The molecule has 15 heavy (non-hydrogen) atoms. The summed E-state index contributed by atoms with van der Waals surface area (Å²) in [7, 11) is 0. The van der Waals surface area contributed by atoms with Gasteiger partial charge in [-0.25, -0.2) is 0 Å². The first-order valence-corrected chi connectivity index (χ1v) is 4.53. The lowest BCUT2D eigenvalue weighted by molar-refractivity contribution is 0.436. The molecule has 74 valence electrons. The van der Waals surface area contributed by atoms with Gasteiger partial charge in [-0.05, 0) is 12.1 Å². The van der Waals surface area contributed by atoms with Crippen molar-refractivity contribution in [1.29, 1.82) is 0 Å². The van der Waals surface area contributed by atoms with Crippen molar-refractivity contribution in [2.24, 2.45) is 0 Å². The van der Waals surface area contributed by atoms with E-state index in [1.54, 1.807) is 12.3 Å². The molecule has 0 atom stereocenters. The van der Waals surface area contributed by atoms with Crippen LogP contribution in [0.4, 0.5) is 5.82 Å². The summed E-state index contributed by atoms with van der Waals surface area (Å²) in [6, 6.07) is 9.40. The van der Waals surface area contributed by atoms with Crippen molar-refractivity contribution in [3.63, 3.8) is 0 Å². The van der Waals surface area contributed by atoms with E-state index in [1.165, 1.54) is 0 Å². The number of furan rings is 1. The van der Waals surface area contributed by atoms with Crippen LogP contribution < -0.4 is 5.73 Å². The molecule has 2 N–H and O–H groups in total. The van der Waals surface area contributed by atoms with Crippen molar-refractivity contribution in [2.45, 2.75) is 0 Å². The van der Waals surface area contributed by atoms with Gasteiger partial charge >= 0.3 is 0 Å². The minimum absolute atomic E-state index is 0.379. The van der Waals surface area contributed by atoms with Crippen LogP contribution in [-0.4, -0.2) is 5.16 Å². The third kappa shape index (κ3) is 1.27. The maximum absolute atomic E-state index is 5.48. The lowest BCUT2D eigenvalue weighted by Gasteiger charge is -1.94. The van der Waals surface area contributed by atoms with Crippen LogP contribution in [0.5, 0.6) is 0 Å². The van der Waals surface area contributed by atoms with Gasteiger partial charge in [-0.15, -0.1) is 0 Å². The molecule has 0 unspecified atom stereocenters. The number of nitrogens with zero attached hydrogens (tertiary/aromatic N) is 1. The standard InChI is InChI=1S/C11H8N2O2/c12-11-6-10(15-13-11)8-2-1-7-3-4-14-9(7)5-8/h1-6H,(H2,12,13). The molecular weight excluding hydrogens is 192 g/mol. The zero-order valence-electron chi connectivity index (χ0n) is 7.81. The van der Waals surface area contributed by atoms with Crippen LogP contribution in [-0.2, 0) is 0 Å². The summed E-state index contributed by atoms with van der Waals surface area (Å²) >= 11 is 0. The topological polar surface area (TPSA) is 65.2 Å². The Morgan fingerprint density at radius 3 is 2.87 bits per heavy atom. The molecular formula is C11H8N2O2. The van der Waals surface area contributed by atoms with Crippen molar-refractivity contribution in [1.82, 2.24) is 5.16 Å². The van der Waals surface area contributed by atoms with Gasteiger partial charge in [0.1, 0.15) is 5.58 Å². The third-order valence-corrected chi connectivity index (χ3v) is 2.27. The Morgan fingerprint density at radius 2 is 2.07 bits per heavy atom. The molecule has 0 aliphatic rings. The Hall–Kier alpha value is -2.23. The summed E-state index contributed by atoms with van der Waals surface area (Å²) in [4.78, 5) is 0. The highest BCUT2D eigenvalue weighted by Crippen LogP contribution is 2.25. The fourth-order valence-electron chi connectivity index (χ4n) is 1.53. The van der Waals surface area contributed by atoms with Gasteiger partial charge < -0.3 is 14.7 Å². The number of fused-ring (bicyclic) bond motifs is 1. The van der Waals surface area contributed by atoms with Crippen LogP contribution in [0, 0.1) is 0 Å². The van der Waals surface area contributed by atoms with Crippen molar-refractivity contribution in [3.8, 4) is 11.3 Å². The van der Waals surface area contributed by atoms with Gasteiger partial charge in [0.05, 0.1) is 6.26 Å². The average Bonchev–Trinajstić information content (AvgIpc) is 2.84. The molecule has 2 aromatic heterocycles. The molecule has 1 aromatic carbocycles. The fraction of sp³-hybridized carbons (Fsp3) is 0. The number of anilines is 1. The molecule has 3 rings (SSSR count). The number of hydrogen-bond donors (Lipinski definition) is 1. The predicted octanol–water partition coefficient (Wildman–Crippen LogP) is 2.67. The first-order valence-electron chi connectivity index (χ1n) is 4.53. The molecule has 2 heterocycles. The molecule has 0 amide bonds. The first kappa shape index (κ1) is 8.11. The highest BCUT2D eigenvalue weighted by Gasteiger charge is 2.06. The highest BCUT2D eigenvalue weighted by atomic mass is 16.5. The molecule has 0 saturated carbocycles. The summed E-state index contributed by atoms with van der Waals surface area (Å²) in [5.41, 5.74) is 7.21. The Morgan fingerprint density at radius 1 is 1.13 bits per heavy atom.